The molecule has 5 N–H and O–H groups in total. The van der Waals surface area contributed by atoms with Crippen molar-refractivity contribution in [3.05, 3.63) is 36.3 Å². The fourth-order valence-corrected chi connectivity index (χ4v) is 3.40. The van der Waals surface area contributed by atoms with Crippen molar-refractivity contribution in [3.8, 4) is 0 Å². The van der Waals surface area contributed by atoms with Crippen LogP contribution >= 0.6 is 0 Å². The van der Waals surface area contributed by atoms with Crippen LogP contribution in [0.15, 0.2) is 30.6 Å². The molecule has 0 saturated carbocycles. The first kappa shape index (κ1) is 20.0. The molecule has 0 bridgehead atoms. The van der Waals surface area contributed by atoms with Crippen molar-refractivity contribution in [2.45, 2.75) is 6.10 Å². The molecule has 11 nitrogen and oxygen atoms in total. The van der Waals surface area contributed by atoms with E-state index in [0.717, 1.165) is 31.9 Å². The summed E-state index contributed by atoms with van der Waals surface area (Å²) in [6, 6.07) is 5.28. The third-order valence-corrected chi connectivity index (χ3v) is 5.01. The lowest BCUT2D eigenvalue weighted by Gasteiger charge is -2.36. The van der Waals surface area contributed by atoms with E-state index in [0.29, 0.717) is 29.3 Å². The largest absolute Gasteiger partial charge is 0.477 e. The molecule has 0 aromatic carbocycles. The van der Waals surface area contributed by atoms with Crippen molar-refractivity contribution < 1.29 is 20.1 Å². The number of carbonyl (C=O) groups is 1. The molecule has 3 aromatic rings. The van der Waals surface area contributed by atoms with E-state index in [2.05, 4.69) is 35.1 Å². The molecule has 11 heteroatoms. The highest BCUT2D eigenvalue weighted by molar-refractivity contribution is 5.92. The number of nitrogens with zero attached hydrogens (tertiary/aromatic N) is 5. The zero-order valence-electron chi connectivity index (χ0n) is 16.2. The number of carboxylic acids is 1. The minimum absolute atomic E-state index is 0.0601. The second-order valence-electron chi connectivity index (χ2n) is 7.14. The molecule has 0 radical (unpaired) electrons. The van der Waals surface area contributed by atoms with E-state index in [4.69, 9.17) is 10.2 Å². The van der Waals surface area contributed by atoms with Crippen LogP contribution < -0.4 is 10.2 Å². The van der Waals surface area contributed by atoms with Crippen LogP contribution in [0.25, 0.3) is 11.0 Å². The first-order valence-electron chi connectivity index (χ1n) is 9.60. The third-order valence-electron chi connectivity index (χ3n) is 5.01. The number of H-pyrrole nitrogens is 1. The molecule has 1 aliphatic rings. The average Bonchev–Trinajstić information content (AvgIpc) is 3.19. The zero-order valence-corrected chi connectivity index (χ0v) is 16.2. The van der Waals surface area contributed by atoms with E-state index in [-0.39, 0.29) is 12.3 Å². The second kappa shape index (κ2) is 8.61. The van der Waals surface area contributed by atoms with Crippen molar-refractivity contribution in [1.82, 2.24) is 24.8 Å². The number of aliphatic hydroxyl groups excluding tert-OH is 2. The SMILES string of the molecule is O=C(O)c1cc2cnc(Nc3ccc(N4CCN(C[C@H](O)CO)CC4)cn3)nc2[nH]1. The normalized spacial score (nSPS) is 16.0. The van der Waals surface area contributed by atoms with Gasteiger partial charge in [0.05, 0.1) is 24.6 Å². The summed E-state index contributed by atoms with van der Waals surface area (Å²) in [5.41, 5.74) is 1.49. The quantitative estimate of drug-likeness (QED) is 0.365. The number of hydrogen-bond acceptors (Lipinski definition) is 9. The minimum Gasteiger partial charge on any atom is -0.477 e. The summed E-state index contributed by atoms with van der Waals surface area (Å²) >= 11 is 0. The van der Waals surface area contributed by atoms with Gasteiger partial charge >= 0.3 is 5.97 Å². The van der Waals surface area contributed by atoms with Crippen molar-refractivity contribution in [2.24, 2.45) is 0 Å². The number of aromatic nitrogens is 4. The molecule has 4 heterocycles. The summed E-state index contributed by atoms with van der Waals surface area (Å²) in [6.45, 7) is 3.49. The lowest BCUT2D eigenvalue weighted by atomic mass is 10.2. The Morgan fingerprint density at radius 3 is 2.67 bits per heavy atom. The van der Waals surface area contributed by atoms with Crippen LogP contribution in [0.2, 0.25) is 0 Å². The van der Waals surface area contributed by atoms with Crippen LogP contribution in [0.1, 0.15) is 10.5 Å². The van der Waals surface area contributed by atoms with Gasteiger partial charge in [0.1, 0.15) is 17.2 Å². The molecule has 1 saturated heterocycles. The lowest BCUT2D eigenvalue weighted by Crippen LogP contribution is -2.49. The third kappa shape index (κ3) is 4.48. The van der Waals surface area contributed by atoms with E-state index < -0.39 is 12.1 Å². The summed E-state index contributed by atoms with van der Waals surface area (Å²) in [4.78, 5) is 31.0. The molecule has 0 amide bonds. The maximum atomic E-state index is 11.1. The number of aromatic amines is 1. The van der Waals surface area contributed by atoms with Gasteiger partial charge < -0.3 is 30.5 Å². The molecule has 158 valence electrons. The van der Waals surface area contributed by atoms with Crippen molar-refractivity contribution in [1.29, 1.82) is 0 Å². The number of rotatable bonds is 7. The molecule has 1 fully saturated rings. The second-order valence-corrected chi connectivity index (χ2v) is 7.14. The Kier molecular flexibility index (Phi) is 5.74. The van der Waals surface area contributed by atoms with Gasteiger partial charge in [-0.25, -0.2) is 14.8 Å². The minimum atomic E-state index is -1.05. The molecule has 30 heavy (non-hydrogen) atoms. The fourth-order valence-electron chi connectivity index (χ4n) is 3.40. The molecule has 0 spiro atoms. The summed E-state index contributed by atoms with van der Waals surface area (Å²) in [6.07, 6.45) is 2.62. The summed E-state index contributed by atoms with van der Waals surface area (Å²) in [7, 11) is 0. The molecular weight excluding hydrogens is 390 g/mol. The summed E-state index contributed by atoms with van der Waals surface area (Å²) in [5.74, 6) is -0.157. The predicted molar refractivity (Wildman–Crippen MR) is 110 cm³/mol. The monoisotopic (exact) mass is 413 g/mol. The van der Waals surface area contributed by atoms with Gasteiger partial charge in [-0.05, 0) is 18.2 Å². The van der Waals surface area contributed by atoms with Crippen LogP contribution in [-0.2, 0) is 0 Å². The van der Waals surface area contributed by atoms with Crippen molar-refractivity contribution in [2.75, 3.05) is 49.5 Å². The van der Waals surface area contributed by atoms with Crippen LogP contribution in [0.3, 0.4) is 0 Å². The Hall–Kier alpha value is -3.28. The maximum Gasteiger partial charge on any atom is 0.352 e. The predicted octanol–water partition coefficient (Wildman–Crippen LogP) is 0.270. The number of hydrogen-bond donors (Lipinski definition) is 5. The van der Waals surface area contributed by atoms with Crippen LogP contribution in [0.5, 0.6) is 0 Å². The Balaban J connectivity index is 1.37. The average molecular weight is 413 g/mol. The molecule has 4 rings (SSSR count). The first-order valence-corrected chi connectivity index (χ1v) is 9.60. The highest BCUT2D eigenvalue weighted by Gasteiger charge is 2.19. The molecule has 3 aromatic heterocycles. The van der Waals surface area contributed by atoms with Gasteiger partial charge in [0.2, 0.25) is 5.95 Å². The number of aromatic carboxylic acids is 1. The topological polar surface area (TPSA) is 151 Å². The zero-order chi connectivity index (χ0) is 21.1. The highest BCUT2D eigenvalue weighted by Crippen LogP contribution is 2.20. The Labute approximate surface area is 172 Å². The van der Waals surface area contributed by atoms with Gasteiger partial charge in [0.25, 0.3) is 0 Å². The highest BCUT2D eigenvalue weighted by atomic mass is 16.4. The van der Waals surface area contributed by atoms with Gasteiger partial charge in [-0.1, -0.05) is 0 Å². The fraction of sp³-hybridized carbons (Fsp3) is 0.368. The Morgan fingerprint density at radius 2 is 2.00 bits per heavy atom. The van der Waals surface area contributed by atoms with E-state index in [9.17, 15) is 9.90 Å². The molecule has 1 atom stereocenters. The Bertz CT molecular complexity index is 1020. The molecule has 1 aliphatic heterocycles. The van der Waals surface area contributed by atoms with Gasteiger partial charge in [0, 0.05) is 44.3 Å². The van der Waals surface area contributed by atoms with E-state index in [1.54, 1.807) is 12.4 Å². The van der Waals surface area contributed by atoms with Gasteiger partial charge in [0.15, 0.2) is 0 Å². The number of fused-ring (bicyclic) bond motifs is 1. The van der Waals surface area contributed by atoms with Gasteiger partial charge in [-0.15, -0.1) is 0 Å². The summed E-state index contributed by atoms with van der Waals surface area (Å²) < 4.78 is 0. The van der Waals surface area contributed by atoms with E-state index >= 15 is 0 Å². The van der Waals surface area contributed by atoms with Crippen molar-refractivity contribution in [3.63, 3.8) is 0 Å². The van der Waals surface area contributed by atoms with Gasteiger partial charge in [-0.2, -0.15) is 4.98 Å². The Morgan fingerprint density at radius 1 is 1.20 bits per heavy atom. The molecular formula is C19H23N7O4. The first-order chi connectivity index (χ1) is 14.5. The van der Waals surface area contributed by atoms with Crippen molar-refractivity contribution >= 4 is 34.5 Å². The number of pyridine rings is 1. The van der Waals surface area contributed by atoms with Crippen LogP contribution in [0.4, 0.5) is 17.5 Å². The number of β-amino-alcohol motifs (C(OH)–C–C–N with tert-alkyl or cyclic N) is 1. The lowest BCUT2D eigenvalue weighted by molar-refractivity contribution is 0.0575. The van der Waals surface area contributed by atoms with E-state index in [1.807, 2.05) is 12.1 Å². The number of piperazine rings is 1. The number of aliphatic hydroxyl groups is 2. The number of anilines is 3. The van der Waals surface area contributed by atoms with Crippen LogP contribution in [-0.4, -0.2) is 91.6 Å². The smallest absolute Gasteiger partial charge is 0.352 e. The summed E-state index contributed by atoms with van der Waals surface area (Å²) in [5, 5.41) is 31.2. The number of carboxylic acid groups (broad SMARTS) is 1. The maximum absolute atomic E-state index is 11.1. The molecule has 0 unspecified atom stereocenters. The molecule has 0 aliphatic carbocycles. The van der Waals surface area contributed by atoms with Crippen LogP contribution in [0, 0.1) is 0 Å². The number of nitrogens with one attached hydrogen (secondary N) is 2. The standard InChI is InChI=1S/C19H23N7O4/c27-11-14(28)10-25-3-5-26(6-4-25)13-1-2-16(20-9-13)23-19-21-8-12-7-15(18(29)30)22-17(12)24-19/h1-2,7-9,14,27-28H,3-6,10-11H2,(H,29,30)(H2,20,21,22,23,24)/t14-/m0/s1. The van der Waals surface area contributed by atoms with Gasteiger partial charge in [-0.3, -0.25) is 4.90 Å². The van der Waals surface area contributed by atoms with E-state index in [1.165, 1.54) is 6.07 Å².